The van der Waals surface area contributed by atoms with Crippen LogP contribution in [0, 0.1) is 18.3 Å². The van der Waals surface area contributed by atoms with Crippen molar-refractivity contribution in [2.75, 3.05) is 31.6 Å². The van der Waals surface area contributed by atoms with Crippen LogP contribution < -0.4 is 15.0 Å². The fraction of sp³-hybridized carbons (Fsp3) is 0.550. The summed E-state index contributed by atoms with van der Waals surface area (Å²) in [7, 11) is 1.68. The summed E-state index contributed by atoms with van der Waals surface area (Å²) in [4.78, 5) is 14.5. The first kappa shape index (κ1) is 18.2. The normalized spacial score (nSPS) is 19.8. The predicted molar refractivity (Wildman–Crippen MR) is 101 cm³/mol. The zero-order valence-corrected chi connectivity index (χ0v) is 15.3. The van der Waals surface area contributed by atoms with E-state index >= 15 is 0 Å². The first-order valence-electron chi connectivity index (χ1n) is 9.17. The van der Waals surface area contributed by atoms with Gasteiger partial charge in [0.2, 0.25) is 5.91 Å². The van der Waals surface area contributed by atoms with Gasteiger partial charge in [-0.3, -0.25) is 4.79 Å². The Hall–Kier alpha value is -2.55. The molecule has 0 aromatic heterocycles. The molecule has 0 bridgehead atoms. The summed E-state index contributed by atoms with van der Waals surface area (Å²) in [5, 5.41) is 11.2. The summed E-state index contributed by atoms with van der Waals surface area (Å²) in [6.07, 6.45) is 8.86. The lowest BCUT2D eigenvalue weighted by Crippen LogP contribution is -2.31. The number of hydrogen-bond donors (Lipinski definition) is 1. The molecule has 0 saturated carbocycles. The number of carbonyl (C=O) groups excluding carboxylic acids is 1. The van der Waals surface area contributed by atoms with Gasteiger partial charge < -0.3 is 15.0 Å². The number of nitrogens with one attached hydrogen (secondary N) is 1. The zero-order chi connectivity index (χ0) is 18.4. The van der Waals surface area contributed by atoms with Crippen LogP contribution in [0.25, 0.3) is 0 Å². The largest absolute Gasteiger partial charge is 0.497 e. The van der Waals surface area contributed by atoms with Crippen molar-refractivity contribution in [1.82, 2.24) is 5.32 Å². The Morgan fingerprint density at radius 1 is 1.46 bits per heavy atom. The highest BCUT2D eigenvalue weighted by Gasteiger charge is 2.39. The van der Waals surface area contributed by atoms with Crippen LogP contribution in [-0.2, 0) is 4.79 Å². The van der Waals surface area contributed by atoms with Crippen molar-refractivity contribution in [3.63, 3.8) is 0 Å². The molecule has 1 atom stereocenters. The molecule has 138 valence electrons. The van der Waals surface area contributed by atoms with Crippen LogP contribution in [0.5, 0.6) is 5.75 Å². The Balaban J connectivity index is 1.38. The molecule has 1 unspecified atom stereocenters. The van der Waals surface area contributed by atoms with Crippen molar-refractivity contribution in [3.05, 3.63) is 24.3 Å². The lowest BCUT2D eigenvalue weighted by Gasteiger charge is -2.19. The number of hydrogen-bond acceptors (Lipinski definition) is 5. The van der Waals surface area contributed by atoms with Crippen molar-refractivity contribution in [3.8, 4) is 18.1 Å². The number of rotatable bonds is 9. The molecule has 6 heteroatoms. The van der Waals surface area contributed by atoms with Gasteiger partial charge in [-0.2, -0.15) is 10.2 Å². The van der Waals surface area contributed by atoms with Crippen molar-refractivity contribution >= 4 is 11.6 Å². The third-order valence-electron chi connectivity index (χ3n) is 5.10. The molecule has 1 saturated heterocycles. The minimum atomic E-state index is -0.375. The molecule has 1 fully saturated rings. The van der Waals surface area contributed by atoms with Crippen molar-refractivity contribution in [2.45, 2.75) is 37.8 Å². The number of nitrogens with zero attached hydrogens (tertiary/aromatic N) is 3. The summed E-state index contributed by atoms with van der Waals surface area (Å²) in [6.45, 7) is 2.66. The lowest BCUT2D eigenvalue weighted by molar-refractivity contribution is -0.121. The number of carbonyl (C=O) groups is 1. The first-order valence-corrected chi connectivity index (χ1v) is 9.17. The molecular formula is C20H26N4O2. The van der Waals surface area contributed by atoms with Crippen LogP contribution in [0.4, 0.5) is 5.69 Å². The van der Waals surface area contributed by atoms with E-state index in [9.17, 15) is 4.79 Å². The number of ether oxygens (including phenoxy) is 1. The monoisotopic (exact) mass is 354 g/mol. The molecule has 0 radical (unpaired) electrons. The summed E-state index contributed by atoms with van der Waals surface area (Å²) in [5.74, 6) is 4.01. The summed E-state index contributed by atoms with van der Waals surface area (Å²) >= 11 is 0. The van der Waals surface area contributed by atoms with Gasteiger partial charge in [0.15, 0.2) is 5.66 Å². The van der Waals surface area contributed by atoms with Crippen LogP contribution in [-0.4, -0.2) is 38.3 Å². The van der Waals surface area contributed by atoms with Crippen LogP contribution in [0.15, 0.2) is 34.5 Å². The second-order valence-corrected chi connectivity index (χ2v) is 6.99. The van der Waals surface area contributed by atoms with E-state index in [1.54, 1.807) is 7.11 Å². The maximum absolute atomic E-state index is 12.1. The SMILES string of the molecule is C#CCCC1(CCC(=O)NCC2CCN(c3cccc(OC)c3)C2)N=N1. The Morgan fingerprint density at radius 2 is 2.31 bits per heavy atom. The van der Waals surface area contributed by atoms with Gasteiger partial charge in [-0.1, -0.05) is 6.07 Å². The van der Waals surface area contributed by atoms with Gasteiger partial charge >= 0.3 is 0 Å². The summed E-state index contributed by atoms with van der Waals surface area (Å²) < 4.78 is 5.29. The minimum absolute atomic E-state index is 0.0715. The molecular weight excluding hydrogens is 328 g/mol. The zero-order valence-electron chi connectivity index (χ0n) is 15.3. The van der Waals surface area contributed by atoms with Crippen molar-refractivity contribution < 1.29 is 9.53 Å². The maximum atomic E-state index is 12.1. The smallest absolute Gasteiger partial charge is 0.220 e. The molecule has 1 N–H and O–H groups in total. The molecule has 1 amide bonds. The molecule has 26 heavy (non-hydrogen) atoms. The van der Waals surface area contributed by atoms with E-state index in [2.05, 4.69) is 38.5 Å². The quantitative estimate of drug-likeness (QED) is 0.693. The topological polar surface area (TPSA) is 66.3 Å². The standard InChI is InChI=1S/C20H26N4O2/c1-3-4-10-20(22-23-20)11-8-19(25)21-14-16-9-12-24(15-16)17-6-5-7-18(13-17)26-2/h1,5-7,13,16H,4,8-12,14-15H2,2H3,(H,21,25). The minimum Gasteiger partial charge on any atom is -0.497 e. The average Bonchev–Trinajstić information content (AvgIpc) is 3.29. The Kier molecular flexibility index (Phi) is 5.77. The van der Waals surface area contributed by atoms with Crippen LogP contribution in [0.1, 0.15) is 32.1 Å². The van der Waals surface area contributed by atoms with E-state index in [0.29, 0.717) is 31.7 Å². The molecule has 1 aromatic carbocycles. The van der Waals surface area contributed by atoms with E-state index in [0.717, 1.165) is 31.7 Å². The molecule has 0 aliphatic carbocycles. The Morgan fingerprint density at radius 3 is 3.04 bits per heavy atom. The number of methoxy groups -OCH3 is 1. The maximum Gasteiger partial charge on any atom is 0.220 e. The molecule has 6 nitrogen and oxygen atoms in total. The third-order valence-corrected chi connectivity index (χ3v) is 5.10. The lowest BCUT2D eigenvalue weighted by atomic mass is 10.0. The number of anilines is 1. The van der Waals surface area contributed by atoms with E-state index in [-0.39, 0.29) is 11.6 Å². The molecule has 2 aliphatic heterocycles. The van der Waals surface area contributed by atoms with Gasteiger partial charge in [-0.05, 0) is 24.5 Å². The highest BCUT2D eigenvalue weighted by atomic mass is 16.5. The van der Waals surface area contributed by atoms with Gasteiger partial charge in [0.05, 0.1) is 7.11 Å². The van der Waals surface area contributed by atoms with Gasteiger partial charge in [-0.25, -0.2) is 0 Å². The third kappa shape index (κ3) is 4.75. The van der Waals surface area contributed by atoms with E-state index in [4.69, 9.17) is 11.2 Å². The second kappa shape index (κ2) is 8.22. The van der Waals surface area contributed by atoms with E-state index in [1.165, 1.54) is 5.69 Å². The Labute approximate surface area is 155 Å². The van der Waals surface area contributed by atoms with Gasteiger partial charge in [0, 0.05) is 57.1 Å². The molecule has 2 heterocycles. The van der Waals surface area contributed by atoms with Crippen molar-refractivity contribution in [2.24, 2.45) is 16.1 Å². The van der Waals surface area contributed by atoms with Gasteiger partial charge in [0.1, 0.15) is 5.75 Å². The number of amides is 1. The van der Waals surface area contributed by atoms with Crippen molar-refractivity contribution in [1.29, 1.82) is 0 Å². The fourth-order valence-corrected chi connectivity index (χ4v) is 3.37. The summed E-state index contributed by atoms with van der Waals surface area (Å²) in [6, 6.07) is 8.11. The number of terminal acetylenes is 1. The van der Waals surface area contributed by atoms with E-state index < -0.39 is 0 Å². The molecule has 1 aromatic rings. The van der Waals surface area contributed by atoms with E-state index in [1.807, 2.05) is 12.1 Å². The molecule has 3 rings (SSSR count). The highest BCUT2D eigenvalue weighted by Crippen LogP contribution is 2.37. The van der Waals surface area contributed by atoms with Crippen LogP contribution in [0.2, 0.25) is 0 Å². The predicted octanol–water partition coefficient (Wildman–Crippen LogP) is 2.99. The fourth-order valence-electron chi connectivity index (χ4n) is 3.37. The molecule has 2 aliphatic rings. The second-order valence-electron chi connectivity index (χ2n) is 6.99. The first-order chi connectivity index (χ1) is 12.6. The highest BCUT2D eigenvalue weighted by molar-refractivity contribution is 5.76. The van der Waals surface area contributed by atoms with Gasteiger partial charge in [-0.15, -0.1) is 12.3 Å². The van der Waals surface area contributed by atoms with Crippen LogP contribution in [0.3, 0.4) is 0 Å². The summed E-state index contributed by atoms with van der Waals surface area (Å²) in [5.41, 5.74) is 0.797. The Bertz CT molecular complexity index is 704. The van der Waals surface area contributed by atoms with Crippen LogP contribution >= 0.6 is 0 Å². The number of benzene rings is 1. The van der Waals surface area contributed by atoms with Gasteiger partial charge in [0.25, 0.3) is 0 Å². The molecule has 0 spiro atoms. The average molecular weight is 354 g/mol.